The molecule has 100 valence electrons. The Bertz CT molecular complexity index is 612. The zero-order valence-electron chi connectivity index (χ0n) is 10.8. The van der Waals surface area contributed by atoms with Crippen LogP contribution in [0.5, 0.6) is 11.5 Å². The van der Waals surface area contributed by atoms with Gasteiger partial charge in [-0.2, -0.15) is 0 Å². The van der Waals surface area contributed by atoms with Crippen molar-refractivity contribution in [3.8, 4) is 22.9 Å². The Hall–Kier alpha value is -1.69. The Labute approximate surface area is 115 Å². The van der Waals surface area contributed by atoms with Gasteiger partial charge in [-0.1, -0.05) is 0 Å². The first-order valence-corrected chi connectivity index (χ1v) is 7.17. The highest BCUT2D eigenvalue weighted by molar-refractivity contribution is 7.99. The van der Waals surface area contributed by atoms with Crippen LogP contribution in [0.2, 0.25) is 0 Å². The molecule has 19 heavy (non-hydrogen) atoms. The quantitative estimate of drug-likeness (QED) is 0.913. The minimum atomic E-state index is 0.133. The van der Waals surface area contributed by atoms with E-state index in [0.717, 1.165) is 29.5 Å². The number of aromatic hydroxyl groups is 1. The third kappa shape index (κ3) is 2.06. The molecule has 1 N–H and O–H groups in total. The number of methoxy groups -OCH3 is 1. The van der Waals surface area contributed by atoms with Crippen LogP contribution in [0.3, 0.4) is 0 Å². The molecule has 0 radical (unpaired) electrons. The molecule has 1 aliphatic heterocycles. The number of ether oxygens (including phenoxy) is 1. The predicted octanol–water partition coefficient (Wildman–Crippen LogP) is 2.47. The second-order valence-corrected chi connectivity index (χ2v) is 5.88. The fourth-order valence-electron chi connectivity index (χ4n) is 2.26. The van der Waals surface area contributed by atoms with Gasteiger partial charge >= 0.3 is 0 Å². The number of benzene rings is 1. The number of fused-ring (bicyclic) bond motifs is 1. The van der Waals surface area contributed by atoms with Crippen LogP contribution < -0.4 is 4.74 Å². The molecule has 1 aromatic heterocycles. The number of phenols is 1. The Morgan fingerprint density at radius 3 is 3.05 bits per heavy atom. The van der Waals surface area contributed by atoms with Crippen molar-refractivity contribution in [1.82, 2.24) is 14.8 Å². The molecular formula is C13H15N3O2S. The SMILES string of the molecule is COc1cc(-c2nnc3n2CCSC3C)ccc1O. The third-order valence-electron chi connectivity index (χ3n) is 3.26. The number of nitrogens with zero attached hydrogens (tertiary/aromatic N) is 3. The van der Waals surface area contributed by atoms with Gasteiger partial charge in [-0.3, -0.25) is 0 Å². The molecule has 2 heterocycles. The minimum absolute atomic E-state index is 0.133. The molecule has 0 saturated heterocycles. The van der Waals surface area contributed by atoms with Gasteiger partial charge in [0.1, 0.15) is 5.82 Å². The molecule has 0 bridgehead atoms. The lowest BCUT2D eigenvalue weighted by molar-refractivity contribution is 0.373. The van der Waals surface area contributed by atoms with Crippen molar-refractivity contribution in [2.75, 3.05) is 12.9 Å². The Morgan fingerprint density at radius 2 is 2.26 bits per heavy atom. The van der Waals surface area contributed by atoms with Crippen LogP contribution in [0.15, 0.2) is 18.2 Å². The molecule has 0 saturated carbocycles. The summed E-state index contributed by atoms with van der Waals surface area (Å²) >= 11 is 1.89. The van der Waals surface area contributed by atoms with Crippen LogP contribution in [0.4, 0.5) is 0 Å². The van der Waals surface area contributed by atoms with Crippen LogP contribution >= 0.6 is 11.8 Å². The van der Waals surface area contributed by atoms with E-state index in [4.69, 9.17) is 4.74 Å². The summed E-state index contributed by atoms with van der Waals surface area (Å²) in [6, 6.07) is 5.25. The maximum Gasteiger partial charge on any atom is 0.164 e. The topological polar surface area (TPSA) is 60.2 Å². The van der Waals surface area contributed by atoms with Crippen LogP contribution in [0, 0.1) is 0 Å². The van der Waals surface area contributed by atoms with Gasteiger partial charge in [-0.05, 0) is 25.1 Å². The first kappa shape index (κ1) is 12.3. The highest BCUT2D eigenvalue weighted by atomic mass is 32.2. The fraction of sp³-hybridized carbons (Fsp3) is 0.385. The van der Waals surface area contributed by atoms with Crippen molar-refractivity contribution >= 4 is 11.8 Å². The first-order chi connectivity index (χ1) is 9.20. The van der Waals surface area contributed by atoms with Crippen LogP contribution in [0.25, 0.3) is 11.4 Å². The van der Waals surface area contributed by atoms with Gasteiger partial charge in [0, 0.05) is 17.9 Å². The Balaban J connectivity index is 2.08. The van der Waals surface area contributed by atoms with E-state index in [1.807, 2.05) is 17.8 Å². The molecule has 0 amide bonds. The second kappa shape index (κ2) is 4.77. The predicted molar refractivity (Wildman–Crippen MR) is 74.5 cm³/mol. The lowest BCUT2D eigenvalue weighted by Crippen LogP contribution is -2.14. The first-order valence-electron chi connectivity index (χ1n) is 6.13. The van der Waals surface area contributed by atoms with Crippen molar-refractivity contribution in [2.45, 2.75) is 18.7 Å². The van der Waals surface area contributed by atoms with Crippen LogP contribution in [0.1, 0.15) is 18.0 Å². The molecule has 0 aliphatic carbocycles. The Morgan fingerprint density at radius 1 is 1.42 bits per heavy atom. The molecule has 6 heteroatoms. The van der Waals surface area contributed by atoms with Crippen LogP contribution in [-0.2, 0) is 6.54 Å². The van der Waals surface area contributed by atoms with Crippen molar-refractivity contribution in [3.05, 3.63) is 24.0 Å². The van der Waals surface area contributed by atoms with Crippen molar-refractivity contribution < 1.29 is 9.84 Å². The summed E-state index contributed by atoms with van der Waals surface area (Å²) in [5.41, 5.74) is 0.910. The summed E-state index contributed by atoms with van der Waals surface area (Å²) in [7, 11) is 1.54. The van der Waals surface area contributed by atoms with Crippen molar-refractivity contribution in [2.24, 2.45) is 0 Å². The molecule has 0 fully saturated rings. The lowest BCUT2D eigenvalue weighted by Gasteiger charge is -2.20. The van der Waals surface area contributed by atoms with E-state index < -0.39 is 0 Å². The van der Waals surface area contributed by atoms with Gasteiger partial charge in [0.05, 0.1) is 12.4 Å². The summed E-state index contributed by atoms with van der Waals surface area (Å²) in [6.07, 6.45) is 0. The summed E-state index contributed by atoms with van der Waals surface area (Å²) in [5, 5.41) is 18.6. The van der Waals surface area contributed by atoms with E-state index in [1.54, 1.807) is 12.1 Å². The van der Waals surface area contributed by atoms with Gasteiger partial charge in [-0.15, -0.1) is 22.0 Å². The molecular weight excluding hydrogens is 262 g/mol. The molecule has 5 nitrogen and oxygen atoms in total. The van der Waals surface area contributed by atoms with Gasteiger partial charge in [0.2, 0.25) is 0 Å². The van der Waals surface area contributed by atoms with Gasteiger partial charge in [-0.25, -0.2) is 0 Å². The molecule has 1 aromatic carbocycles. The zero-order valence-corrected chi connectivity index (χ0v) is 11.6. The van der Waals surface area contributed by atoms with E-state index in [2.05, 4.69) is 21.7 Å². The average molecular weight is 277 g/mol. The molecule has 1 aliphatic rings. The van der Waals surface area contributed by atoms with Gasteiger partial charge < -0.3 is 14.4 Å². The molecule has 3 rings (SSSR count). The van der Waals surface area contributed by atoms with Crippen LogP contribution in [-0.4, -0.2) is 32.7 Å². The number of aromatic nitrogens is 3. The monoisotopic (exact) mass is 277 g/mol. The number of hydrogen-bond donors (Lipinski definition) is 1. The number of thioether (sulfide) groups is 1. The highest BCUT2D eigenvalue weighted by Crippen LogP contribution is 2.36. The molecule has 1 atom stereocenters. The fourth-order valence-corrected chi connectivity index (χ4v) is 3.23. The molecule has 2 aromatic rings. The number of phenolic OH excluding ortho intramolecular Hbond substituents is 1. The summed E-state index contributed by atoms with van der Waals surface area (Å²) < 4.78 is 7.28. The zero-order chi connectivity index (χ0) is 13.4. The Kier molecular flexibility index (Phi) is 3.10. The molecule has 0 spiro atoms. The lowest BCUT2D eigenvalue weighted by atomic mass is 10.2. The van der Waals surface area contributed by atoms with Crippen molar-refractivity contribution in [1.29, 1.82) is 0 Å². The standard InChI is InChI=1S/C13H15N3O2S/c1-8-12-14-15-13(16(12)5-6-19-8)9-3-4-10(17)11(7-9)18-2/h3-4,7-8,17H,5-6H2,1-2H3. The minimum Gasteiger partial charge on any atom is -0.504 e. The number of rotatable bonds is 2. The summed E-state index contributed by atoms with van der Waals surface area (Å²) in [5.74, 6) is 3.49. The highest BCUT2D eigenvalue weighted by Gasteiger charge is 2.23. The van der Waals surface area contributed by atoms with Gasteiger partial charge in [0.15, 0.2) is 17.3 Å². The summed E-state index contributed by atoms with van der Waals surface area (Å²) in [4.78, 5) is 0. The largest absolute Gasteiger partial charge is 0.504 e. The van der Waals surface area contributed by atoms with Gasteiger partial charge in [0.25, 0.3) is 0 Å². The van der Waals surface area contributed by atoms with E-state index in [0.29, 0.717) is 11.0 Å². The second-order valence-electron chi connectivity index (χ2n) is 4.43. The van der Waals surface area contributed by atoms with E-state index in [1.165, 1.54) is 7.11 Å². The number of hydrogen-bond acceptors (Lipinski definition) is 5. The average Bonchev–Trinajstić information content (AvgIpc) is 2.85. The maximum atomic E-state index is 9.64. The third-order valence-corrected chi connectivity index (χ3v) is 4.39. The molecule has 1 unspecified atom stereocenters. The smallest absolute Gasteiger partial charge is 0.164 e. The normalized spacial score (nSPS) is 18.1. The van der Waals surface area contributed by atoms with Crippen molar-refractivity contribution in [3.63, 3.8) is 0 Å². The van der Waals surface area contributed by atoms with E-state index >= 15 is 0 Å². The van der Waals surface area contributed by atoms with E-state index in [9.17, 15) is 5.11 Å². The summed E-state index contributed by atoms with van der Waals surface area (Å²) in [6.45, 7) is 3.06. The van der Waals surface area contributed by atoms with E-state index in [-0.39, 0.29) is 5.75 Å². The maximum absolute atomic E-state index is 9.64.